The number of carbonyl (C=O) groups is 1. The van der Waals surface area contributed by atoms with Crippen molar-refractivity contribution in [2.75, 3.05) is 5.32 Å². The molecule has 6 heteroatoms. The van der Waals surface area contributed by atoms with Crippen molar-refractivity contribution in [1.82, 2.24) is 9.78 Å². The second-order valence-corrected chi connectivity index (χ2v) is 6.19. The lowest BCUT2D eigenvalue weighted by atomic mass is 10.3. The van der Waals surface area contributed by atoms with E-state index in [2.05, 4.69) is 10.4 Å². The Hall–Kier alpha value is -2.11. The van der Waals surface area contributed by atoms with Gasteiger partial charge < -0.3 is 5.32 Å². The number of nitrogens with one attached hydrogen (secondary N) is 1. The molecule has 2 heterocycles. The number of thiophene rings is 1. The maximum Gasteiger partial charge on any atom is 0.266 e. The molecule has 106 valence electrons. The number of hydrogen-bond donors (Lipinski definition) is 1. The van der Waals surface area contributed by atoms with Crippen molar-refractivity contribution < 1.29 is 4.79 Å². The summed E-state index contributed by atoms with van der Waals surface area (Å²) in [5, 5.41) is 7.28. The Kier molecular flexibility index (Phi) is 3.77. The van der Waals surface area contributed by atoms with E-state index in [1.807, 2.05) is 43.3 Å². The fourth-order valence-electron chi connectivity index (χ4n) is 1.97. The number of nitrogens with zero attached hydrogens (tertiary/aromatic N) is 2. The van der Waals surface area contributed by atoms with E-state index in [-0.39, 0.29) is 5.91 Å². The zero-order valence-corrected chi connectivity index (χ0v) is 12.8. The van der Waals surface area contributed by atoms with Gasteiger partial charge in [0.1, 0.15) is 5.82 Å². The third-order valence-corrected chi connectivity index (χ3v) is 4.10. The fourth-order valence-corrected chi connectivity index (χ4v) is 2.91. The van der Waals surface area contributed by atoms with Gasteiger partial charge in [-0.2, -0.15) is 5.10 Å². The van der Waals surface area contributed by atoms with E-state index in [0.717, 1.165) is 11.4 Å². The molecule has 3 aromatic rings. The van der Waals surface area contributed by atoms with Gasteiger partial charge >= 0.3 is 0 Å². The highest BCUT2D eigenvalue weighted by molar-refractivity contribution is 7.18. The Labute approximate surface area is 131 Å². The summed E-state index contributed by atoms with van der Waals surface area (Å²) < 4.78 is 2.30. The zero-order valence-electron chi connectivity index (χ0n) is 11.2. The van der Waals surface area contributed by atoms with E-state index in [4.69, 9.17) is 11.6 Å². The summed E-state index contributed by atoms with van der Waals surface area (Å²) >= 11 is 7.11. The van der Waals surface area contributed by atoms with Crippen LogP contribution in [0.15, 0.2) is 48.5 Å². The van der Waals surface area contributed by atoms with Crippen molar-refractivity contribution in [3.05, 3.63) is 63.4 Å². The summed E-state index contributed by atoms with van der Waals surface area (Å²) in [4.78, 5) is 12.8. The van der Waals surface area contributed by atoms with Gasteiger partial charge in [-0.05, 0) is 31.2 Å². The van der Waals surface area contributed by atoms with E-state index in [1.165, 1.54) is 11.3 Å². The molecule has 21 heavy (non-hydrogen) atoms. The van der Waals surface area contributed by atoms with Gasteiger partial charge in [0, 0.05) is 6.07 Å². The molecule has 0 aliphatic heterocycles. The highest BCUT2D eigenvalue weighted by atomic mass is 35.5. The van der Waals surface area contributed by atoms with Crippen molar-refractivity contribution in [2.45, 2.75) is 6.92 Å². The van der Waals surface area contributed by atoms with E-state index in [0.29, 0.717) is 15.0 Å². The zero-order chi connectivity index (χ0) is 14.8. The second kappa shape index (κ2) is 5.71. The molecule has 0 fully saturated rings. The number of carbonyl (C=O) groups excluding carboxylic acids is 1. The van der Waals surface area contributed by atoms with Crippen LogP contribution in [0.2, 0.25) is 4.34 Å². The quantitative estimate of drug-likeness (QED) is 0.789. The topological polar surface area (TPSA) is 46.9 Å². The summed E-state index contributed by atoms with van der Waals surface area (Å²) in [6.45, 7) is 1.89. The van der Waals surface area contributed by atoms with Crippen molar-refractivity contribution in [3.63, 3.8) is 0 Å². The summed E-state index contributed by atoms with van der Waals surface area (Å²) in [5.74, 6) is 0.442. The summed E-state index contributed by atoms with van der Waals surface area (Å²) in [6.07, 6.45) is 0. The molecule has 0 atom stereocenters. The van der Waals surface area contributed by atoms with Crippen LogP contribution in [0.4, 0.5) is 5.82 Å². The highest BCUT2D eigenvalue weighted by Gasteiger charge is 2.13. The first-order valence-electron chi connectivity index (χ1n) is 6.32. The van der Waals surface area contributed by atoms with Gasteiger partial charge in [-0.3, -0.25) is 4.79 Å². The minimum atomic E-state index is -0.191. The van der Waals surface area contributed by atoms with Gasteiger partial charge in [-0.1, -0.05) is 29.8 Å². The van der Waals surface area contributed by atoms with Crippen LogP contribution in [0.3, 0.4) is 0 Å². The fraction of sp³-hybridized carbons (Fsp3) is 0.0667. The molecule has 0 bridgehead atoms. The molecule has 0 saturated heterocycles. The van der Waals surface area contributed by atoms with Crippen LogP contribution in [-0.4, -0.2) is 15.7 Å². The first kappa shape index (κ1) is 13.9. The highest BCUT2D eigenvalue weighted by Crippen LogP contribution is 2.23. The monoisotopic (exact) mass is 317 g/mol. The number of aryl methyl sites for hydroxylation is 1. The Morgan fingerprint density at radius 2 is 2.00 bits per heavy atom. The van der Waals surface area contributed by atoms with Crippen molar-refractivity contribution >= 4 is 34.7 Å². The van der Waals surface area contributed by atoms with Gasteiger partial charge in [0.15, 0.2) is 0 Å². The normalized spacial score (nSPS) is 10.6. The molecular formula is C15H12ClN3OS. The van der Waals surface area contributed by atoms with Crippen molar-refractivity contribution in [1.29, 1.82) is 0 Å². The molecule has 3 rings (SSSR count). The maximum atomic E-state index is 12.2. The third kappa shape index (κ3) is 2.99. The minimum absolute atomic E-state index is 0.191. The van der Waals surface area contributed by atoms with Gasteiger partial charge in [-0.15, -0.1) is 11.3 Å². The van der Waals surface area contributed by atoms with Crippen LogP contribution in [0, 0.1) is 6.92 Å². The number of hydrogen-bond acceptors (Lipinski definition) is 3. The molecular weight excluding hydrogens is 306 g/mol. The van der Waals surface area contributed by atoms with Crippen LogP contribution in [-0.2, 0) is 0 Å². The molecule has 0 radical (unpaired) electrons. The summed E-state index contributed by atoms with van der Waals surface area (Å²) in [5.41, 5.74) is 1.73. The van der Waals surface area contributed by atoms with Crippen LogP contribution in [0.5, 0.6) is 0 Å². The molecule has 1 aromatic carbocycles. The van der Waals surface area contributed by atoms with E-state index in [1.54, 1.807) is 16.8 Å². The van der Waals surface area contributed by atoms with Crippen LogP contribution in [0.25, 0.3) is 5.69 Å². The molecule has 0 aliphatic carbocycles. The average molecular weight is 318 g/mol. The Balaban J connectivity index is 1.91. The lowest BCUT2D eigenvalue weighted by Gasteiger charge is -2.07. The number of amides is 1. The number of benzene rings is 1. The Morgan fingerprint density at radius 1 is 1.24 bits per heavy atom. The number of anilines is 1. The van der Waals surface area contributed by atoms with E-state index < -0.39 is 0 Å². The van der Waals surface area contributed by atoms with Crippen molar-refractivity contribution in [2.24, 2.45) is 0 Å². The summed E-state index contributed by atoms with van der Waals surface area (Å²) in [7, 11) is 0. The van der Waals surface area contributed by atoms with E-state index in [9.17, 15) is 4.79 Å². The van der Waals surface area contributed by atoms with Gasteiger partial charge in [0.05, 0.1) is 20.6 Å². The standard InChI is InChI=1S/C15H12ClN3OS/c1-10-9-14(17-15(20)12-7-8-13(16)21-12)19(18-10)11-5-3-2-4-6-11/h2-9H,1H3,(H,17,20). The van der Waals surface area contributed by atoms with Crippen molar-refractivity contribution in [3.8, 4) is 5.69 Å². The molecule has 1 amide bonds. The average Bonchev–Trinajstić information content (AvgIpc) is 3.06. The predicted molar refractivity (Wildman–Crippen MR) is 85.6 cm³/mol. The third-order valence-electron chi connectivity index (χ3n) is 2.87. The molecule has 0 aliphatic rings. The lowest BCUT2D eigenvalue weighted by molar-refractivity contribution is 0.103. The number of para-hydroxylation sites is 1. The van der Waals surface area contributed by atoms with Gasteiger partial charge in [-0.25, -0.2) is 4.68 Å². The Bertz CT molecular complexity index is 779. The largest absolute Gasteiger partial charge is 0.306 e. The first-order valence-corrected chi connectivity index (χ1v) is 7.52. The molecule has 2 aromatic heterocycles. The number of halogens is 1. The SMILES string of the molecule is Cc1cc(NC(=O)c2ccc(Cl)s2)n(-c2ccccc2)n1. The first-order chi connectivity index (χ1) is 10.1. The van der Waals surface area contributed by atoms with Crippen LogP contribution >= 0.6 is 22.9 Å². The number of rotatable bonds is 3. The molecule has 0 unspecified atom stereocenters. The second-order valence-electron chi connectivity index (χ2n) is 4.48. The van der Waals surface area contributed by atoms with Gasteiger partial charge in [0.25, 0.3) is 5.91 Å². The smallest absolute Gasteiger partial charge is 0.266 e. The minimum Gasteiger partial charge on any atom is -0.306 e. The molecule has 0 saturated carbocycles. The van der Waals surface area contributed by atoms with Crippen LogP contribution in [0.1, 0.15) is 15.4 Å². The maximum absolute atomic E-state index is 12.2. The van der Waals surface area contributed by atoms with E-state index >= 15 is 0 Å². The lowest BCUT2D eigenvalue weighted by Crippen LogP contribution is -2.13. The molecule has 0 spiro atoms. The Morgan fingerprint density at radius 3 is 2.67 bits per heavy atom. The number of aromatic nitrogens is 2. The van der Waals surface area contributed by atoms with Crippen LogP contribution < -0.4 is 5.32 Å². The predicted octanol–water partition coefficient (Wildman–Crippen LogP) is 4.15. The molecule has 1 N–H and O–H groups in total. The van der Waals surface area contributed by atoms with Gasteiger partial charge in [0.2, 0.25) is 0 Å². The molecule has 4 nitrogen and oxygen atoms in total. The summed E-state index contributed by atoms with van der Waals surface area (Å²) in [6, 6.07) is 14.9.